The first-order chi connectivity index (χ1) is 7.17. The second kappa shape index (κ2) is 6.08. The number of hydrogen-bond acceptors (Lipinski definition) is 4. The molecule has 1 heterocycles. The third-order valence-corrected chi connectivity index (χ3v) is 3.12. The third kappa shape index (κ3) is 3.80. The Morgan fingerprint density at radius 1 is 1.60 bits per heavy atom. The molecule has 1 aliphatic rings. The first-order valence-electron chi connectivity index (χ1n) is 5.71. The van der Waals surface area contributed by atoms with Crippen molar-refractivity contribution in [1.29, 1.82) is 0 Å². The van der Waals surface area contributed by atoms with Crippen LogP contribution < -0.4 is 5.32 Å². The van der Waals surface area contributed by atoms with Crippen molar-refractivity contribution in [3.05, 3.63) is 0 Å². The van der Waals surface area contributed by atoms with E-state index in [0.29, 0.717) is 12.5 Å². The molecule has 4 nitrogen and oxygen atoms in total. The van der Waals surface area contributed by atoms with Gasteiger partial charge in [-0.25, -0.2) is 0 Å². The molecule has 0 aliphatic carbocycles. The highest BCUT2D eigenvalue weighted by molar-refractivity contribution is 5.69. The van der Waals surface area contributed by atoms with Crippen LogP contribution in [0.2, 0.25) is 0 Å². The van der Waals surface area contributed by atoms with Gasteiger partial charge in [-0.3, -0.25) is 9.69 Å². The van der Waals surface area contributed by atoms with Crippen LogP contribution in [0.4, 0.5) is 0 Å². The van der Waals surface area contributed by atoms with Gasteiger partial charge in [0.15, 0.2) is 0 Å². The lowest BCUT2D eigenvalue weighted by Crippen LogP contribution is -2.41. The monoisotopic (exact) mass is 214 g/mol. The Morgan fingerprint density at radius 3 is 2.93 bits per heavy atom. The number of nitrogens with one attached hydrogen (secondary N) is 1. The summed E-state index contributed by atoms with van der Waals surface area (Å²) in [5.41, 5.74) is 0. The van der Waals surface area contributed by atoms with Crippen molar-refractivity contribution >= 4 is 5.97 Å². The lowest BCUT2D eigenvalue weighted by Gasteiger charge is -2.27. The van der Waals surface area contributed by atoms with Gasteiger partial charge < -0.3 is 10.1 Å². The number of rotatable bonds is 3. The second-order valence-corrected chi connectivity index (χ2v) is 4.16. The van der Waals surface area contributed by atoms with E-state index in [1.54, 1.807) is 0 Å². The first kappa shape index (κ1) is 12.5. The highest BCUT2D eigenvalue weighted by Crippen LogP contribution is 2.10. The molecule has 0 amide bonds. The number of carbonyl (C=O) groups is 1. The van der Waals surface area contributed by atoms with Gasteiger partial charge in [-0.15, -0.1) is 0 Å². The van der Waals surface area contributed by atoms with Gasteiger partial charge in [-0.1, -0.05) is 6.92 Å². The molecule has 0 aromatic carbocycles. The third-order valence-electron chi connectivity index (χ3n) is 3.12. The normalized spacial score (nSPS) is 28.5. The molecule has 2 unspecified atom stereocenters. The van der Waals surface area contributed by atoms with E-state index in [1.807, 2.05) is 0 Å². The largest absolute Gasteiger partial charge is 0.469 e. The Kier molecular flexibility index (Phi) is 5.05. The molecule has 15 heavy (non-hydrogen) atoms. The van der Waals surface area contributed by atoms with Crippen molar-refractivity contribution in [3.63, 3.8) is 0 Å². The van der Waals surface area contributed by atoms with Gasteiger partial charge in [0.1, 0.15) is 0 Å². The zero-order valence-electron chi connectivity index (χ0n) is 9.95. The summed E-state index contributed by atoms with van der Waals surface area (Å²) in [6.45, 7) is 7.37. The predicted molar refractivity (Wildman–Crippen MR) is 59.7 cm³/mol. The maximum Gasteiger partial charge on any atom is 0.307 e. The van der Waals surface area contributed by atoms with Gasteiger partial charge in [0.25, 0.3) is 0 Å². The van der Waals surface area contributed by atoms with Crippen molar-refractivity contribution in [2.45, 2.75) is 38.8 Å². The zero-order chi connectivity index (χ0) is 11.3. The molecule has 0 bridgehead atoms. The molecule has 0 saturated carbocycles. The van der Waals surface area contributed by atoms with Crippen LogP contribution in [0.25, 0.3) is 0 Å². The summed E-state index contributed by atoms with van der Waals surface area (Å²) < 4.78 is 4.69. The summed E-state index contributed by atoms with van der Waals surface area (Å²) in [5, 5.41) is 3.40. The van der Waals surface area contributed by atoms with E-state index < -0.39 is 0 Å². The van der Waals surface area contributed by atoms with Gasteiger partial charge in [-0.2, -0.15) is 0 Å². The number of esters is 1. The van der Waals surface area contributed by atoms with Crippen LogP contribution >= 0.6 is 0 Å². The Bertz CT molecular complexity index is 209. The summed E-state index contributed by atoms with van der Waals surface area (Å²) in [7, 11) is 1.44. The lowest BCUT2D eigenvalue weighted by atomic mass is 10.2. The molecule has 0 aromatic rings. The molecule has 1 aliphatic heterocycles. The molecule has 2 atom stereocenters. The number of ether oxygens (including phenoxy) is 1. The van der Waals surface area contributed by atoms with Crippen LogP contribution in [0.1, 0.15) is 26.7 Å². The fraction of sp³-hybridized carbons (Fsp3) is 0.909. The van der Waals surface area contributed by atoms with E-state index in [2.05, 4.69) is 24.1 Å². The standard InChI is InChI=1S/C11H22N2O2/c1-4-13-8-10(7-11(14)15-3)12-6-5-9(13)2/h9-10,12H,4-8H2,1-3H3. The van der Waals surface area contributed by atoms with Gasteiger partial charge in [0.2, 0.25) is 0 Å². The van der Waals surface area contributed by atoms with Crippen LogP contribution in [0.5, 0.6) is 0 Å². The van der Waals surface area contributed by atoms with Crippen molar-refractivity contribution in [2.24, 2.45) is 0 Å². The lowest BCUT2D eigenvalue weighted by molar-refractivity contribution is -0.141. The molecule has 1 fully saturated rings. The van der Waals surface area contributed by atoms with Crippen LogP contribution in [0, 0.1) is 0 Å². The highest BCUT2D eigenvalue weighted by atomic mass is 16.5. The minimum atomic E-state index is -0.127. The molecular weight excluding hydrogens is 192 g/mol. The predicted octanol–water partition coefficient (Wildman–Crippen LogP) is 0.622. The fourth-order valence-corrected chi connectivity index (χ4v) is 2.07. The number of nitrogens with zero attached hydrogens (tertiary/aromatic N) is 1. The average molecular weight is 214 g/mol. The summed E-state index contributed by atoms with van der Waals surface area (Å²) in [4.78, 5) is 13.6. The minimum Gasteiger partial charge on any atom is -0.469 e. The first-order valence-corrected chi connectivity index (χ1v) is 5.71. The van der Waals surface area contributed by atoms with Crippen LogP contribution in [0.3, 0.4) is 0 Å². The van der Waals surface area contributed by atoms with Crippen molar-refractivity contribution in [3.8, 4) is 0 Å². The molecule has 1 N–H and O–H groups in total. The van der Waals surface area contributed by atoms with E-state index >= 15 is 0 Å². The molecule has 0 radical (unpaired) electrons. The number of likely N-dealkylation sites (N-methyl/N-ethyl adjacent to an activating group) is 1. The average Bonchev–Trinajstić information content (AvgIpc) is 2.40. The Morgan fingerprint density at radius 2 is 2.33 bits per heavy atom. The summed E-state index contributed by atoms with van der Waals surface area (Å²) >= 11 is 0. The summed E-state index contributed by atoms with van der Waals surface area (Å²) in [5.74, 6) is -0.127. The quantitative estimate of drug-likeness (QED) is 0.699. The maximum absolute atomic E-state index is 11.2. The molecule has 1 saturated heterocycles. The second-order valence-electron chi connectivity index (χ2n) is 4.16. The van der Waals surface area contributed by atoms with E-state index in [9.17, 15) is 4.79 Å². The van der Waals surface area contributed by atoms with Crippen molar-refractivity contribution < 1.29 is 9.53 Å². The maximum atomic E-state index is 11.2. The van der Waals surface area contributed by atoms with Gasteiger partial charge >= 0.3 is 5.97 Å². The molecule has 88 valence electrons. The van der Waals surface area contributed by atoms with Crippen molar-refractivity contribution in [1.82, 2.24) is 10.2 Å². The SMILES string of the molecule is CCN1CC(CC(=O)OC)NCCC1C. The molecule has 0 aromatic heterocycles. The molecule has 0 spiro atoms. The number of methoxy groups -OCH3 is 1. The topological polar surface area (TPSA) is 41.6 Å². The van der Waals surface area contributed by atoms with Crippen molar-refractivity contribution in [2.75, 3.05) is 26.7 Å². The Labute approximate surface area is 92.0 Å². The van der Waals surface area contributed by atoms with E-state index in [4.69, 9.17) is 4.74 Å². The van der Waals surface area contributed by atoms with Gasteiger partial charge in [0.05, 0.1) is 13.5 Å². The van der Waals surface area contributed by atoms with E-state index in [0.717, 1.165) is 26.1 Å². The molecule has 4 heteroatoms. The summed E-state index contributed by atoms with van der Waals surface area (Å²) in [6, 6.07) is 0.840. The van der Waals surface area contributed by atoms with Crippen LogP contribution in [-0.4, -0.2) is 49.7 Å². The number of hydrogen-bond donors (Lipinski definition) is 1. The van der Waals surface area contributed by atoms with E-state index in [1.165, 1.54) is 7.11 Å². The zero-order valence-corrected chi connectivity index (χ0v) is 9.95. The molecule has 1 rings (SSSR count). The number of carbonyl (C=O) groups excluding carboxylic acids is 1. The van der Waals surface area contributed by atoms with Gasteiger partial charge in [0, 0.05) is 18.6 Å². The smallest absolute Gasteiger partial charge is 0.307 e. The summed E-state index contributed by atoms with van der Waals surface area (Å²) in [6.07, 6.45) is 1.62. The van der Waals surface area contributed by atoms with Crippen LogP contribution in [0.15, 0.2) is 0 Å². The highest BCUT2D eigenvalue weighted by Gasteiger charge is 2.23. The fourth-order valence-electron chi connectivity index (χ4n) is 2.07. The Hall–Kier alpha value is -0.610. The van der Waals surface area contributed by atoms with Crippen LogP contribution in [-0.2, 0) is 9.53 Å². The van der Waals surface area contributed by atoms with Gasteiger partial charge in [-0.05, 0) is 26.4 Å². The minimum absolute atomic E-state index is 0.127. The Balaban J connectivity index is 2.48. The molecular formula is C11H22N2O2. The van der Waals surface area contributed by atoms with E-state index in [-0.39, 0.29) is 12.0 Å².